The van der Waals surface area contributed by atoms with Gasteiger partial charge in [-0.2, -0.15) is 0 Å². The van der Waals surface area contributed by atoms with Crippen LogP contribution >= 0.6 is 11.8 Å². The summed E-state index contributed by atoms with van der Waals surface area (Å²) in [5.74, 6) is 2.61. The van der Waals surface area contributed by atoms with Crippen LogP contribution in [0.25, 0.3) is 0 Å². The summed E-state index contributed by atoms with van der Waals surface area (Å²) in [5, 5.41) is 1.11. The number of thioether (sulfide) groups is 1. The van der Waals surface area contributed by atoms with Gasteiger partial charge in [-0.05, 0) is 24.6 Å². The summed E-state index contributed by atoms with van der Waals surface area (Å²) < 4.78 is 11.3. The normalized spacial score (nSPS) is 24.3. The van der Waals surface area contributed by atoms with Crippen LogP contribution in [0.4, 0.5) is 0 Å². The maximum absolute atomic E-state index is 5.75. The van der Waals surface area contributed by atoms with Crippen molar-refractivity contribution < 1.29 is 9.47 Å². The van der Waals surface area contributed by atoms with Gasteiger partial charge in [0.25, 0.3) is 0 Å². The van der Waals surface area contributed by atoms with Gasteiger partial charge in [-0.25, -0.2) is 0 Å². The van der Waals surface area contributed by atoms with E-state index in [4.69, 9.17) is 14.5 Å². The first-order chi connectivity index (χ1) is 12.8. The molecule has 2 aromatic rings. The lowest BCUT2D eigenvalue weighted by Gasteiger charge is -2.32. The van der Waals surface area contributed by atoms with Crippen LogP contribution in [0.15, 0.2) is 47.6 Å². The molecule has 4 rings (SSSR count). The maximum Gasteiger partial charge on any atom is 0.166 e. The van der Waals surface area contributed by atoms with E-state index in [1.807, 2.05) is 42.2 Å². The second kappa shape index (κ2) is 7.19. The molecule has 0 bridgehead atoms. The van der Waals surface area contributed by atoms with Crippen molar-refractivity contribution in [2.45, 2.75) is 31.5 Å². The fourth-order valence-corrected chi connectivity index (χ4v) is 5.17. The van der Waals surface area contributed by atoms with Gasteiger partial charge in [0, 0.05) is 23.6 Å². The number of ether oxygens (including phenoxy) is 2. The summed E-state index contributed by atoms with van der Waals surface area (Å²) in [6, 6.07) is 12.6. The molecule has 1 fully saturated rings. The second-order valence-corrected chi connectivity index (χ2v) is 7.41. The molecule has 0 saturated carbocycles. The van der Waals surface area contributed by atoms with Gasteiger partial charge < -0.3 is 14.4 Å². The van der Waals surface area contributed by atoms with Crippen LogP contribution in [0.5, 0.6) is 11.5 Å². The summed E-state index contributed by atoms with van der Waals surface area (Å²) in [6.07, 6.45) is 2.92. The zero-order chi connectivity index (χ0) is 18.1. The van der Waals surface area contributed by atoms with E-state index >= 15 is 0 Å². The van der Waals surface area contributed by atoms with Gasteiger partial charge in [-0.3, -0.25) is 9.98 Å². The Morgan fingerprint density at radius 3 is 2.73 bits per heavy atom. The predicted molar refractivity (Wildman–Crippen MR) is 105 cm³/mol. The number of fused-ring (bicyclic) bond motifs is 1. The number of rotatable bonds is 5. The molecule has 2 aliphatic rings. The first-order valence-corrected chi connectivity index (χ1v) is 9.87. The maximum atomic E-state index is 5.75. The van der Waals surface area contributed by atoms with Gasteiger partial charge in [-0.15, -0.1) is 0 Å². The first kappa shape index (κ1) is 17.2. The van der Waals surface area contributed by atoms with Crippen molar-refractivity contribution in [1.82, 2.24) is 9.88 Å². The van der Waals surface area contributed by atoms with Crippen molar-refractivity contribution in [3.8, 4) is 11.5 Å². The summed E-state index contributed by atoms with van der Waals surface area (Å²) in [6.45, 7) is 2.24. The quantitative estimate of drug-likeness (QED) is 0.795. The average molecular weight is 369 g/mol. The Bertz CT molecular complexity index is 812. The molecule has 26 heavy (non-hydrogen) atoms. The lowest BCUT2D eigenvalue weighted by molar-refractivity contribution is 0.246. The van der Waals surface area contributed by atoms with Crippen LogP contribution in [-0.2, 0) is 0 Å². The van der Waals surface area contributed by atoms with Crippen molar-refractivity contribution >= 4 is 16.9 Å². The van der Waals surface area contributed by atoms with Crippen molar-refractivity contribution in [2.75, 3.05) is 20.0 Å². The molecule has 1 aromatic heterocycles. The summed E-state index contributed by atoms with van der Waals surface area (Å²) in [5.41, 5.74) is 2.09. The second-order valence-electron chi connectivity index (χ2n) is 6.42. The lowest BCUT2D eigenvalue weighted by Crippen LogP contribution is -2.35. The van der Waals surface area contributed by atoms with Gasteiger partial charge in [0.2, 0.25) is 0 Å². The van der Waals surface area contributed by atoms with E-state index < -0.39 is 0 Å². The SMILES string of the molecule is CC[C@H]1CSC2=N[C@H](c3ccccn3)[C@@H](c3cccc(OC)c3OC)N21. The van der Waals surface area contributed by atoms with E-state index in [1.165, 1.54) is 0 Å². The molecule has 2 aliphatic heterocycles. The van der Waals surface area contributed by atoms with Gasteiger partial charge >= 0.3 is 0 Å². The molecule has 1 aromatic carbocycles. The minimum Gasteiger partial charge on any atom is -0.493 e. The topological polar surface area (TPSA) is 47.0 Å². The average Bonchev–Trinajstić information content (AvgIpc) is 3.26. The molecule has 0 radical (unpaired) electrons. The van der Waals surface area contributed by atoms with Crippen LogP contribution in [0.3, 0.4) is 0 Å². The number of aliphatic imine (C=N–C) groups is 1. The third-order valence-corrected chi connectivity index (χ3v) is 6.21. The smallest absolute Gasteiger partial charge is 0.166 e. The molecule has 1 saturated heterocycles. The Labute approximate surface area is 158 Å². The minimum atomic E-state index is -0.0472. The number of para-hydroxylation sites is 1. The van der Waals surface area contributed by atoms with Gasteiger partial charge in [0.15, 0.2) is 16.7 Å². The van der Waals surface area contributed by atoms with E-state index in [9.17, 15) is 0 Å². The number of nitrogens with zero attached hydrogens (tertiary/aromatic N) is 3. The molecule has 0 spiro atoms. The number of aromatic nitrogens is 1. The summed E-state index contributed by atoms with van der Waals surface area (Å²) in [4.78, 5) is 12.1. The summed E-state index contributed by atoms with van der Waals surface area (Å²) >= 11 is 1.84. The van der Waals surface area contributed by atoms with Gasteiger partial charge in [0.1, 0.15) is 6.04 Å². The van der Waals surface area contributed by atoms with Crippen molar-refractivity contribution in [2.24, 2.45) is 4.99 Å². The highest BCUT2D eigenvalue weighted by Crippen LogP contribution is 2.51. The van der Waals surface area contributed by atoms with E-state index in [2.05, 4.69) is 28.9 Å². The zero-order valence-corrected chi connectivity index (χ0v) is 16.1. The van der Waals surface area contributed by atoms with Crippen LogP contribution in [0, 0.1) is 0 Å². The van der Waals surface area contributed by atoms with E-state index in [0.717, 1.165) is 40.1 Å². The monoisotopic (exact) mass is 369 g/mol. The Hall–Kier alpha value is -2.21. The molecular formula is C20H23N3O2S. The summed E-state index contributed by atoms with van der Waals surface area (Å²) in [7, 11) is 3.37. The number of pyridine rings is 1. The van der Waals surface area contributed by atoms with Crippen molar-refractivity contribution in [3.05, 3.63) is 53.9 Å². The highest BCUT2D eigenvalue weighted by Gasteiger charge is 2.46. The minimum absolute atomic E-state index is 0.0472. The number of hydrogen-bond donors (Lipinski definition) is 0. The highest BCUT2D eigenvalue weighted by atomic mass is 32.2. The number of methoxy groups -OCH3 is 2. The van der Waals surface area contributed by atoms with Crippen LogP contribution in [0.2, 0.25) is 0 Å². The number of amidine groups is 1. The predicted octanol–water partition coefficient (Wildman–Crippen LogP) is 4.08. The van der Waals surface area contributed by atoms with E-state index in [-0.39, 0.29) is 12.1 Å². The largest absolute Gasteiger partial charge is 0.493 e. The first-order valence-electron chi connectivity index (χ1n) is 8.89. The molecule has 0 N–H and O–H groups in total. The van der Waals surface area contributed by atoms with Crippen LogP contribution in [0.1, 0.15) is 36.7 Å². The fourth-order valence-electron chi connectivity index (χ4n) is 3.83. The molecule has 0 unspecified atom stereocenters. The molecule has 0 aliphatic carbocycles. The van der Waals surface area contributed by atoms with E-state index in [1.54, 1.807) is 14.2 Å². The molecular weight excluding hydrogens is 346 g/mol. The Kier molecular flexibility index (Phi) is 4.76. The third-order valence-electron chi connectivity index (χ3n) is 5.08. The Morgan fingerprint density at radius 2 is 2.04 bits per heavy atom. The van der Waals surface area contributed by atoms with Crippen molar-refractivity contribution in [1.29, 1.82) is 0 Å². The highest BCUT2D eigenvalue weighted by molar-refractivity contribution is 8.14. The third kappa shape index (κ3) is 2.72. The zero-order valence-electron chi connectivity index (χ0n) is 15.3. The van der Waals surface area contributed by atoms with Crippen LogP contribution in [-0.4, -0.2) is 41.1 Å². The van der Waals surface area contributed by atoms with Crippen molar-refractivity contribution in [3.63, 3.8) is 0 Å². The Morgan fingerprint density at radius 1 is 1.15 bits per heavy atom. The standard InChI is InChI=1S/C20H23N3O2S/c1-4-13-12-26-20-22-17(15-9-5-6-11-21-15)18(23(13)20)14-8-7-10-16(24-2)19(14)25-3/h5-11,13,17-18H,4,12H2,1-3H3/t13-,17+,18+/m0/s1. The van der Waals surface area contributed by atoms with Gasteiger partial charge in [0.05, 0.1) is 26.0 Å². The molecule has 3 heterocycles. The number of hydrogen-bond acceptors (Lipinski definition) is 6. The molecule has 6 heteroatoms. The fraction of sp³-hybridized carbons (Fsp3) is 0.400. The Balaban J connectivity index is 1.85. The molecule has 136 valence electrons. The van der Waals surface area contributed by atoms with Gasteiger partial charge in [-0.1, -0.05) is 36.9 Å². The molecule has 3 atom stereocenters. The molecule has 0 amide bonds. The van der Waals surface area contributed by atoms with Crippen LogP contribution < -0.4 is 9.47 Å². The number of benzene rings is 1. The molecule has 5 nitrogen and oxygen atoms in total. The van der Waals surface area contributed by atoms with E-state index in [0.29, 0.717) is 6.04 Å². The lowest BCUT2D eigenvalue weighted by atomic mass is 9.94.